The lowest BCUT2D eigenvalue weighted by atomic mass is 10.1. The van der Waals surface area contributed by atoms with Gasteiger partial charge in [-0.05, 0) is 12.1 Å². The third kappa shape index (κ3) is 2.50. The molecule has 0 radical (unpaired) electrons. The Labute approximate surface area is 116 Å². The van der Waals surface area contributed by atoms with Crippen LogP contribution in [0.2, 0.25) is 0 Å². The molecule has 0 atom stereocenters. The molecule has 0 N–H and O–H groups in total. The summed E-state index contributed by atoms with van der Waals surface area (Å²) >= 11 is 0. The zero-order valence-corrected chi connectivity index (χ0v) is 10.9. The first-order chi connectivity index (χ1) is 9.86. The van der Waals surface area contributed by atoms with Crippen molar-refractivity contribution >= 4 is 11.6 Å². The number of nitrogens with zero attached hydrogens (tertiary/aromatic N) is 4. The topological polar surface area (TPSA) is 68.2 Å². The van der Waals surface area contributed by atoms with Crippen LogP contribution in [-0.4, -0.2) is 47.0 Å². The minimum atomic E-state index is -0.160. The van der Waals surface area contributed by atoms with E-state index in [1.54, 1.807) is 30.7 Å². The van der Waals surface area contributed by atoms with E-state index in [1.807, 2.05) is 4.90 Å². The summed E-state index contributed by atoms with van der Waals surface area (Å²) in [6.07, 6.45) is 6.31. The standard InChI is InChI=1S/C14H14N4O2/c19-13(11-2-1-3-15-10-11)12-14(17-5-4-16-12)18-6-8-20-9-7-18/h1-5,10H,6-9H2. The molecule has 0 amide bonds. The minimum absolute atomic E-state index is 0.160. The van der Waals surface area contributed by atoms with Crippen molar-refractivity contribution in [1.29, 1.82) is 0 Å². The van der Waals surface area contributed by atoms with Crippen molar-refractivity contribution in [3.63, 3.8) is 0 Å². The average molecular weight is 270 g/mol. The summed E-state index contributed by atoms with van der Waals surface area (Å²) < 4.78 is 5.32. The fourth-order valence-corrected chi connectivity index (χ4v) is 2.13. The van der Waals surface area contributed by atoms with Crippen molar-refractivity contribution in [3.05, 3.63) is 48.2 Å². The maximum absolute atomic E-state index is 12.5. The molecule has 20 heavy (non-hydrogen) atoms. The Bertz CT molecular complexity index is 597. The van der Waals surface area contributed by atoms with Crippen LogP contribution in [0.4, 0.5) is 5.82 Å². The fraction of sp³-hybridized carbons (Fsp3) is 0.286. The molecule has 6 heteroatoms. The van der Waals surface area contributed by atoms with Gasteiger partial charge in [0.25, 0.3) is 0 Å². The highest BCUT2D eigenvalue weighted by molar-refractivity contribution is 6.10. The Balaban J connectivity index is 1.95. The van der Waals surface area contributed by atoms with E-state index in [9.17, 15) is 4.79 Å². The molecule has 2 aromatic rings. The number of carbonyl (C=O) groups is 1. The number of anilines is 1. The maximum Gasteiger partial charge on any atom is 0.216 e. The summed E-state index contributed by atoms with van der Waals surface area (Å²) in [5.41, 5.74) is 0.880. The molecule has 3 rings (SSSR count). The van der Waals surface area contributed by atoms with Crippen molar-refractivity contribution in [2.45, 2.75) is 0 Å². The molecule has 0 aromatic carbocycles. The zero-order valence-electron chi connectivity index (χ0n) is 10.9. The van der Waals surface area contributed by atoms with Crippen molar-refractivity contribution in [1.82, 2.24) is 15.0 Å². The van der Waals surface area contributed by atoms with Gasteiger partial charge >= 0.3 is 0 Å². The van der Waals surface area contributed by atoms with Gasteiger partial charge < -0.3 is 9.64 Å². The van der Waals surface area contributed by atoms with Crippen LogP contribution < -0.4 is 4.90 Å². The van der Waals surface area contributed by atoms with Crippen LogP contribution in [0, 0.1) is 0 Å². The van der Waals surface area contributed by atoms with Gasteiger partial charge in [0, 0.05) is 43.4 Å². The normalized spacial score (nSPS) is 15.1. The lowest BCUT2D eigenvalue weighted by Gasteiger charge is -2.28. The van der Waals surface area contributed by atoms with Crippen LogP contribution in [0.15, 0.2) is 36.9 Å². The van der Waals surface area contributed by atoms with Crippen LogP contribution in [0.25, 0.3) is 0 Å². The Hall–Kier alpha value is -2.34. The first-order valence-electron chi connectivity index (χ1n) is 6.44. The van der Waals surface area contributed by atoms with Crippen LogP contribution in [0.5, 0.6) is 0 Å². The predicted octanol–water partition coefficient (Wildman–Crippen LogP) is 0.939. The van der Waals surface area contributed by atoms with Gasteiger partial charge in [0.05, 0.1) is 13.2 Å². The number of ether oxygens (including phenoxy) is 1. The largest absolute Gasteiger partial charge is 0.378 e. The molecule has 3 heterocycles. The first kappa shape index (κ1) is 12.7. The van der Waals surface area contributed by atoms with E-state index < -0.39 is 0 Å². The summed E-state index contributed by atoms with van der Waals surface area (Å²) in [5.74, 6) is 0.456. The lowest BCUT2D eigenvalue weighted by molar-refractivity contribution is 0.103. The predicted molar refractivity (Wildman–Crippen MR) is 72.7 cm³/mol. The monoisotopic (exact) mass is 270 g/mol. The van der Waals surface area contributed by atoms with E-state index >= 15 is 0 Å². The second-order valence-electron chi connectivity index (χ2n) is 4.40. The molecule has 1 saturated heterocycles. The van der Waals surface area contributed by atoms with Gasteiger partial charge in [-0.25, -0.2) is 9.97 Å². The first-order valence-corrected chi connectivity index (χ1v) is 6.44. The summed E-state index contributed by atoms with van der Waals surface area (Å²) in [5, 5.41) is 0. The van der Waals surface area contributed by atoms with E-state index in [0.717, 1.165) is 0 Å². The third-order valence-electron chi connectivity index (χ3n) is 3.13. The van der Waals surface area contributed by atoms with Gasteiger partial charge in [0.2, 0.25) is 5.78 Å². The molecule has 102 valence electrons. The number of aromatic nitrogens is 3. The molecule has 0 bridgehead atoms. The van der Waals surface area contributed by atoms with E-state index in [1.165, 1.54) is 6.20 Å². The number of hydrogen-bond donors (Lipinski definition) is 0. The molecule has 0 spiro atoms. The molecule has 1 aliphatic heterocycles. The van der Waals surface area contributed by atoms with Crippen molar-refractivity contribution in [2.75, 3.05) is 31.2 Å². The van der Waals surface area contributed by atoms with E-state index in [0.29, 0.717) is 43.4 Å². The van der Waals surface area contributed by atoms with Gasteiger partial charge in [-0.3, -0.25) is 9.78 Å². The number of carbonyl (C=O) groups excluding carboxylic acids is 1. The number of hydrogen-bond acceptors (Lipinski definition) is 6. The average Bonchev–Trinajstić information content (AvgIpc) is 2.56. The van der Waals surface area contributed by atoms with E-state index in [-0.39, 0.29) is 5.78 Å². The Morgan fingerprint density at radius 2 is 1.95 bits per heavy atom. The molecular formula is C14H14N4O2. The smallest absolute Gasteiger partial charge is 0.216 e. The summed E-state index contributed by atoms with van der Waals surface area (Å²) in [6, 6.07) is 3.46. The highest BCUT2D eigenvalue weighted by Crippen LogP contribution is 2.19. The van der Waals surface area contributed by atoms with Gasteiger partial charge in [-0.1, -0.05) is 0 Å². The van der Waals surface area contributed by atoms with Crippen molar-refractivity contribution in [3.8, 4) is 0 Å². The maximum atomic E-state index is 12.5. The van der Waals surface area contributed by atoms with Gasteiger partial charge in [-0.15, -0.1) is 0 Å². The number of morpholine rings is 1. The Morgan fingerprint density at radius 3 is 2.70 bits per heavy atom. The second-order valence-corrected chi connectivity index (χ2v) is 4.40. The van der Waals surface area contributed by atoms with Crippen LogP contribution in [-0.2, 0) is 4.74 Å². The second kappa shape index (κ2) is 5.75. The Morgan fingerprint density at radius 1 is 1.15 bits per heavy atom. The number of pyridine rings is 1. The fourth-order valence-electron chi connectivity index (χ4n) is 2.13. The number of rotatable bonds is 3. The molecule has 0 saturated carbocycles. The van der Waals surface area contributed by atoms with Crippen molar-refractivity contribution < 1.29 is 9.53 Å². The van der Waals surface area contributed by atoms with Crippen LogP contribution in [0.3, 0.4) is 0 Å². The summed E-state index contributed by atoms with van der Waals surface area (Å²) in [7, 11) is 0. The molecule has 1 fully saturated rings. The molecule has 6 nitrogen and oxygen atoms in total. The van der Waals surface area contributed by atoms with Crippen LogP contribution in [0.1, 0.15) is 16.1 Å². The molecule has 2 aromatic heterocycles. The van der Waals surface area contributed by atoms with Crippen molar-refractivity contribution in [2.24, 2.45) is 0 Å². The SMILES string of the molecule is O=C(c1cccnc1)c1nccnc1N1CCOCC1. The molecule has 1 aliphatic rings. The summed E-state index contributed by atoms with van der Waals surface area (Å²) in [4.78, 5) is 27.0. The zero-order chi connectivity index (χ0) is 13.8. The van der Waals surface area contributed by atoms with Crippen LogP contribution >= 0.6 is 0 Å². The third-order valence-corrected chi connectivity index (χ3v) is 3.13. The highest BCUT2D eigenvalue weighted by Gasteiger charge is 2.22. The van der Waals surface area contributed by atoms with E-state index in [4.69, 9.17) is 4.74 Å². The number of ketones is 1. The minimum Gasteiger partial charge on any atom is -0.378 e. The Kier molecular flexibility index (Phi) is 3.64. The molecule has 0 aliphatic carbocycles. The lowest BCUT2D eigenvalue weighted by Crippen LogP contribution is -2.38. The summed E-state index contributed by atoms with van der Waals surface area (Å²) in [6.45, 7) is 2.70. The molecular weight excluding hydrogens is 256 g/mol. The van der Waals surface area contributed by atoms with Gasteiger partial charge in [0.1, 0.15) is 0 Å². The van der Waals surface area contributed by atoms with E-state index in [2.05, 4.69) is 15.0 Å². The van der Waals surface area contributed by atoms with Gasteiger partial charge in [0.15, 0.2) is 11.5 Å². The molecule has 0 unspecified atom stereocenters. The van der Waals surface area contributed by atoms with Gasteiger partial charge in [-0.2, -0.15) is 0 Å². The highest BCUT2D eigenvalue weighted by atomic mass is 16.5. The quantitative estimate of drug-likeness (QED) is 0.773.